The predicted molar refractivity (Wildman–Crippen MR) is 159 cm³/mol. The van der Waals surface area contributed by atoms with Crippen molar-refractivity contribution in [1.29, 1.82) is 0 Å². The average Bonchev–Trinajstić information content (AvgIpc) is 3.27. The van der Waals surface area contributed by atoms with Crippen LogP contribution in [-0.4, -0.2) is 0 Å². The van der Waals surface area contributed by atoms with Crippen LogP contribution >= 0.6 is 0 Å². The molecule has 3 aromatic carbocycles. The molecule has 192 valence electrons. The molecule has 0 radical (unpaired) electrons. The van der Waals surface area contributed by atoms with Gasteiger partial charge in [-0.15, -0.1) is 0 Å². The predicted octanol–water partition coefficient (Wildman–Crippen LogP) is 9.62. The number of pyridine rings is 1. The van der Waals surface area contributed by atoms with Crippen molar-refractivity contribution in [2.75, 3.05) is 0 Å². The maximum Gasteiger partial charge on any atom is 0.216 e. The molecular formula is C35H37N2O+. The summed E-state index contributed by atoms with van der Waals surface area (Å²) in [6.45, 7) is 22.1. The SMILES string of the molecule is [2H]C([2H])(c1ccc(-c2c(C)ccc3c2oc2c(-c4ccc(C(C)C)cc4)c([N+]#[C-])ccc23)[n+](C)c1C)C(C)(C)C. The van der Waals surface area contributed by atoms with Crippen LogP contribution in [-0.2, 0) is 13.4 Å². The number of fused-ring (bicyclic) bond motifs is 3. The molecule has 0 saturated heterocycles. The molecule has 38 heavy (non-hydrogen) atoms. The molecule has 0 aliphatic rings. The Kier molecular flexibility index (Phi) is 5.77. The van der Waals surface area contributed by atoms with Crippen molar-refractivity contribution >= 4 is 27.6 Å². The van der Waals surface area contributed by atoms with Gasteiger partial charge in [-0.05, 0) is 47.4 Å². The number of hydrogen-bond acceptors (Lipinski definition) is 1. The molecule has 0 unspecified atom stereocenters. The Balaban J connectivity index is 1.79. The van der Waals surface area contributed by atoms with Crippen LogP contribution in [0.2, 0.25) is 0 Å². The third kappa shape index (κ3) is 4.39. The highest BCUT2D eigenvalue weighted by Gasteiger charge is 2.26. The first kappa shape index (κ1) is 23.2. The fraction of sp³-hybridized carbons (Fsp3) is 0.314. The Labute approximate surface area is 229 Å². The topological polar surface area (TPSA) is 21.4 Å². The van der Waals surface area contributed by atoms with Crippen molar-refractivity contribution in [3.05, 3.63) is 94.5 Å². The third-order valence-corrected chi connectivity index (χ3v) is 7.41. The molecule has 0 spiro atoms. The first-order valence-electron chi connectivity index (χ1n) is 14.2. The molecule has 2 aromatic heterocycles. The molecule has 2 heterocycles. The van der Waals surface area contributed by atoms with Crippen LogP contribution in [0.5, 0.6) is 0 Å². The van der Waals surface area contributed by atoms with Gasteiger partial charge in [0.2, 0.25) is 5.69 Å². The molecule has 0 fully saturated rings. The Morgan fingerprint density at radius 3 is 2.13 bits per heavy atom. The number of benzene rings is 3. The van der Waals surface area contributed by atoms with Gasteiger partial charge in [-0.2, -0.15) is 4.57 Å². The van der Waals surface area contributed by atoms with Gasteiger partial charge in [-0.1, -0.05) is 83.1 Å². The molecular weight excluding hydrogens is 464 g/mol. The number of aromatic nitrogens is 1. The van der Waals surface area contributed by atoms with Gasteiger partial charge in [0.25, 0.3) is 0 Å². The summed E-state index contributed by atoms with van der Waals surface area (Å²) in [4.78, 5) is 3.85. The lowest BCUT2D eigenvalue weighted by molar-refractivity contribution is -0.667. The summed E-state index contributed by atoms with van der Waals surface area (Å²) >= 11 is 0. The average molecular weight is 504 g/mol. The van der Waals surface area contributed by atoms with Crippen molar-refractivity contribution in [1.82, 2.24) is 0 Å². The zero-order chi connectivity index (χ0) is 29.1. The first-order valence-corrected chi connectivity index (χ1v) is 13.2. The lowest BCUT2D eigenvalue weighted by Gasteiger charge is -2.19. The fourth-order valence-corrected chi connectivity index (χ4v) is 5.26. The number of hydrogen-bond donors (Lipinski definition) is 0. The van der Waals surface area contributed by atoms with Gasteiger partial charge in [0.05, 0.1) is 12.1 Å². The van der Waals surface area contributed by atoms with Crippen LogP contribution < -0.4 is 4.57 Å². The summed E-state index contributed by atoms with van der Waals surface area (Å²) in [6.07, 6.45) is -1.50. The molecule has 0 amide bonds. The lowest BCUT2D eigenvalue weighted by atomic mass is 9.87. The second-order valence-electron chi connectivity index (χ2n) is 11.6. The number of aryl methyl sites for hydroxylation is 1. The summed E-state index contributed by atoms with van der Waals surface area (Å²) < 4.78 is 26.6. The second kappa shape index (κ2) is 9.44. The molecule has 5 rings (SSSR count). The Bertz CT molecular complexity index is 1810. The van der Waals surface area contributed by atoms with E-state index in [1.165, 1.54) is 5.56 Å². The maximum absolute atomic E-state index is 8.87. The lowest BCUT2D eigenvalue weighted by Crippen LogP contribution is -2.36. The second-order valence-corrected chi connectivity index (χ2v) is 11.6. The number of furan rings is 1. The van der Waals surface area contributed by atoms with Crippen LogP contribution in [0, 0.1) is 25.8 Å². The summed E-state index contributed by atoms with van der Waals surface area (Å²) in [6, 6.07) is 20.5. The smallest absolute Gasteiger partial charge is 0.216 e. The molecule has 0 N–H and O–H groups in total. The molecule has 3 heteroatoms. The van der Waals surface area contributed by atoms with Crippen LogP contribution in [0.4, 0.5) is 5.69 Å². The fourth-order valence-electron chi connectivity index (χ4n) is 5.26. The van der Waals surface area contributed by atoms with Gasteiger partial charge in [0.15, 0.2) is 11.4 Å². The minimum atomic E-state index is -1.50. The first-order chi connectivity index (χ1) is 18.8. The monoisotopic (exact) mass is 503 g/mol. The zero-order valence-corrected chi connectivity index (χ0v) is 23.7. The van der Waals surface area contributed by atoms with E-state index in [0.29, 0.717) is 22.8 Å². The molecule has 0 bridgehead atoms. The van der Waals surface area contributed by atoms with Crippen LogP contribution in [0.25, 0.3) is 49.2 Å². The summed E-state index contributed by atoms with van der Waals surface area (Å²) in [7, 11) is 1.99. The van der Waals surface area contributed by atoms with Gasteiger partial charge in [-0.3, -0.25) is 0 Å². The standard InChI is InChI=1S/C35H37N2O/c1-21(2)24-11-13-25(14-12-24)32-29(36-8)18-17-28-27-16-10-22(3)31(33(27)38-34(28)32)30-19-15-26(20-35(5,6)7)23(4)37(30)9/h10-19,21H,20H2,1-7,9H3/q+1/i20D2. The van der Waals surface area contributed by atoms with Crippen molar-refractivity contribution in [3.8, 4) is 22.4 Å². The van der Waals surface area contributed by atoms with E-state index < -0.39 is 11.8 Å². The minimum Gasteiger partial charge on any atom is -0.456 e. The van der Waals surface area contributed by atoms with E-state index in [2.05, 4.69) is 66.6 Å². The quantitative estimate of drug-likeness (QED) is 0.177. The van der Waals surface area contributed by atoms with Gasteiger partial charge in [0.1, 0.15) is 18.2 Å². The summed E-state index contributed by atoms with van der Waals surface area (Å²) in [5.41, 5.74) is 9.13. The van der Waals surface area contributed by atoms with E-state index in [9.17, 15) is 0 Å². The van der Waals surface area contributed by atoms with Crippen molar-refractivity contribution in [2.45, 2.75) is 60.8 Å². The van der Waals surface area contributed by atoms with E-state index >= 15 is 0 Å². The molecule has 3 nitrogen and oxygen atoms in total. The van der Waals surface area contributed by atoms with Crippen molar-refractivity contribution in [3.63, 3.8) is 0 Å². The molecule has 5 aromatic rings. The normalized spacial score (nSPS) is 13.2. The largest absolute Gasteiger partial charge is 0.456 e. The highest BCUT2D eigenvalue weighted by Crippen LogP contribution is 2.44. The van der Waals surface area contributed by atoms with Crippen LogP contribution in [0.15, 0.2) is 65.1 Å². The highest BCUT2D eigenvalue weighted by atomic mass is 16.3. The van der Waals surface area contributed by atoms with Gasteiger partial charge >= 0.3 is 0 Å². The Morgan fingerprint density at radius 2 is 1.53 bits per heavy atom. The summed E-state index contributed by atoms with van der Waals surface area (Å²) in [5, 5.41) is 1.98. The van der Waals surface area contributed by atoms with Crippen LogP contribution in [0.1, 0.15) is 65.7 Å². The summed E-state index contributed by atoms with van der Waals surface area (Å²) in [5.74, 6) is 0.427. The van der Waals surface area contributed by atoms with E-state index in [0.717, 1.165) is 50.0 Å². The molecule has 0 aliphatic carbocycles. The molecule has 0 aliphatic heterocycles. The van der Waals surface area contributed by atoms with Gasteiger partial charge in [-0.25, -0.2) is 4.85 Å². The van der Waals surface area contributed by atoms with E-state index in [-0.39, 0.29) is 0 Å². The van der Waals surface area contributed by atoms with E-state index in [1.54, 1.807) is 0 Å². The Morgan fingerprint density at radius 1 is 0.895 bits per heavy atom. The van der Waals surface area contributed by atoms with E-state index in [4.69, 9.17) is 13.7 Å². The molecule has 0 saturated carbocycles. The van der Waals surface area contributed by atoms with Crippen molar-refractivity contribution in [2.24, 2.45) is 12.5 Å². The van der Waals surface area contributed by atoms with E-state index in [1.807, 2.05) is 59.0 Å². The maximum atomic E-state index is 8.87. The number of nitrogens with zero attached hydrogens (tertiary/aromatic N) is 2. The Hall–Kier alpha value is -3.90. The van der Waals surface area contributed by atoms with Gasteiger partial charge in [0, 0.05) is 37.6 Å². The minimum absolute atomic E-state index is 0.427. The third-order valence-electron chi connectivity index (χ3n) is 7.41. The zero-order valence-electron chi connectivity index (χ0n) is 25.7. The van der Waals surface area contributed by atoms with Gasteiger partial charge < -0.3 is 4.42 Å². The van der Waals surface area contributed by atoms with Crippen LogP contribution in [0.3, 0.4) is 0 Å². The number of rotatable bonds is 4. The van der Waals surface area contributed by atoms with Crippen molar-refractivity contribution < 1.29 is 11.7 Å². The molecule has 0 atom stereocenters. The highest BCUT2D eigenvalue weighted by molar-refractivity contribution is 6.15.